The van der Waals surface area contributed by atoms with Crippen LogP contribution in [0, 0.1) is 21.7 Å². The first kappa shape index (κ1) is 13.6. The summed E-state index contributed by atoms with van der Waals surface area (Å²) in [7, 11) is 0. The Kier molecular flexibility index (Phi) is 3.71. The van der Waals surface area contributed by atoms with Gasteiger partial charge in [-0.25, -0.2) is 14.6 Å². The van der Waals surface area contributed by atoms with Crippen LogP contribution < -0.4 is 16.0 Å². The molecule has 0 aliphatic heterocycles. The van der Waals surface area contributed by atoms with Crippen molar-refractivity contribution in [3.8, 4) is 11.6 Å². The lowest BCUT2D eigenvalue weighted by Gasteiger charge is -2.08. The van der Waals surface area contributed by atoms with Crippen molar-refractivity contribution in [3.63, 3.8) is 0 Å². The predicted octanol–water partition coefficient (Wildman–Crippen LogP) is 2.35. The molecule has 104 valence electrons. The van der Waals surface area contributed by atoms with Crippen LogP contribution in [0.2, 0.25) is 0 Å². The van der Waals surface area contributed by atoms with Gasteiger partial charge in [-0.2, -0.15) is 4.98 Å². The summed E-state index contributed by atoms with van der Waals surface area (Å²) in [6, 6.07) is 5.44. The second kappa shape index (κ2) is 5.45. The minimum atomic E-state index is -1.03. The molecule has 20 heavy (non-hydrogen) atoms. The Morgan fingerprint density at radius 3 is 2.45 bits per heavy atom. The van der Waals surface area contributed by atoms with Crippen molar-refractivity contribution in [2.45, 2.75) is 0 Å². The van der Waals surface area contributed by atoms with Crippen LogP contribution in [-0.2, 0) is 0 Å². The largest absolute Gasteiger partial charge is 0.436 e. The highest BCUT2D eigenvalue weighted by Crippen LogP contribution is 2.26. The highest BCUT2D eigenvalue weighted by Gasteiger charge is 2.14. The van der Waals surface area contributed by atoms with Crippen LogP contribution in [0.5, 0.6) is 11.6 Å². The van der Waals surface area contributed by atoms with E-state index in [1.807, 2.05) is 5.43 Å². The zero-order valence-electron chi connectivity index (χ0n) is 9.84. The van der Waals surface area contributed by atoms with Crippen LogP contribution in [-0.4, -0.2) is 9.91 Å². The first-order chi connectivity index (χ1) is 9.51. The van der Waals surface area contributed by atoms with E-state index < -0.39 is 22.4 Å². The quantitative estimate of drug-likeness (QED) is 0.507. The topological polar surface area (TPSA) is 103 Å². The molecule has 7 nitrogen and oxygen atoms in total. The second-order valence-electron chi connectivity index (χ2n) is 3.60. The Morgan fingerprint density at radius 2 is 1.90 bits per heavy atom. The van der Waals surface area contributed by atoms with Crippen molar-refractivity contribution in [3.05, 3.63) is 52.1 Å². The summed E-state index contributed by atoms with van der Waals surface area (Å²) < 4.78 is 31.7. The van der Waals surface area contributed by atoms with E-state index in [4.69, 9.17) is 10.6 Å². The molecule has 1 aromatic carbocycles. The molecule has 0 aliphatic carbocycles. The van der Waals surface area contributed by atoms with E-state index >= 15 is 0 Å². The molecule has 0 saturated heterocycles. The summed E-state index contributed by atoms with van der Waals surface area (Å²) in [6.45, 7) is 0. The fraction of sp³-hybridized carbons (Fsp3) is 0. The van der Waals surface area contributed by atoms with Crippen LogP contribution in [0.15, 0.2) is 30.3 Å². The van der Waals surface area contributed by atoms with Crippen molar-refractivity contribution >= 4 is 11.5 Å². The van der Waals surface area contributed by atoms with E-state index in [1.54, 1.807) is 0 Å². The molecule has 0 spiro atoms. The minimum absolute atomic E-state index is 0.108. The summed E-state index contributed by atoms with van der Waals surface area (Å²) in [5.74, 6) is 2.23. The van der Waals surface area contributed by atoms with E-state index in [2.05, 4.69) is 4.98 Å². The van der Waals surface area contributed by atoms with Crippen molar-refractivity contribution in [2.24, 2.45) is 5.84 Å². The smallest absolute Gasteiger partial charge is 0.269 e. The molecule has 0 fully saturated rings. The van der Waals surface area contributed by atoms with Gasteiger partial charge in [0, 0.05) is 18.2 Å². The summed E-state index contributed by atoms with van der Waals surface area (Å²) in [5, 5.41) is 10.5. The summed E-state index contributed by atoms with van der Waals surface area (Å²) in [5.41, 5.74) is 1.81. The third kappa shape index (κ3) is 2.78. The van der Waals surface area contributed by atoms with Gasteiger partial charge in [0.25, 0.3) is 11.6 Å². The lowest BCUT2D eigenvalue weighted by molar-refractivity contribution is -0.384. The molecule has 0 radical (unpaired) electrons. The van der Waals surface area contributed by atoms with Crippen LogP contribution in [0.3, 0.4) is 0 Å². The fourth-order valence-corrected chi connectivity index (χ4v) is 1.37. The molecule has 2 rings (SSSR count). The molecule has 0 bridgehead atoms. The normalized spacial score (nSPS) is 10.2. The molecule has 0 aliphatic rings. The Balaban J connectivity index is 2.27. The number of rotatable bonds is 4. The number of hydrogen-bond acceptors (Lipinski definition) is 6. The van der Waals surface area contributed by atoms with Crippen LogP contribution >= 0.6 is 0 Å². The van der Waals surface area contributed by atoms with Gasteiger partial charge in [0.05, 0.1) is 4.92 Å². The van der Waals surface area contributed by atoms with Gasteiger partial charge in [0.1, 0.15) is 5.75 Å². The van der Waals surface area contributed by atoms with Gasteiger partial charge in [-0.15, -0.1) is 0 Å². The number of non-ortho nitro benzene ring substituents is 1. The first-order valence-corrected chi connectivity index (χ1v) is 5.26. The van der Waals surface area contributed by atoms with Crippen molar-refractivity contribution in [1.82, 2.24) is 4.98 Å². The summed E-state index contributed by atoms with van der Waals surface area (Å²) >= 11 is 0. The highest BCUT2D eigenvalue weighted by molar-refractivity contribution is 5.41. The van der Waals surface area contributed by atoms with Crippen LogP contribution in [0.1, 0.15) is 0 Å². The van der Waals surface area contributed by atoms with Gasteiger partial charge >= 0.3 is 0 Å². The van der Waals surface area contributed by atoms with E-state index in [-0.39, 0.29) is 17.3 Å². The number of pyridine rings is 1. The standard InChI is InChI=1S/C11H8F2N4O3/c12-8-5-9(13)11(15-10(8)16-14)20-7-3-1-6(2-4-7)17(18)19/h1-5H,14H2,(H,15,16). The Bertz CT molecular complexity index is 649. The van der Waals surface area contributed by atoms with Crippen LogP contribution in [0.4, 0.5) is 20.3 Å². The zero-order chi connectivity index (χ0) is 14.7. The van der Waals surface area contributed by atoms with Crippen molar-refractivity contribution in [2.75, 3.05) is 5.43 Å². The monoisotopic (exact) mass is 282 g/mol. The third-order valence-electron chi connectivity index (χ3n) is 2.30. The SMILES string of the molecule is NNc1nc(Oc2ccc([N+](=O)[O-])cc2)c(F)cc1F. The zero-order valence-corrected chi connectivity index (χ0v) is 9.84. The Labute approximate surface area is 111 Å². The maximum atomic E-state index is 13.5. The maximum absolute atomic E-state index is 13.5. The number of halogens is 2. The van der Waals surface area contributed by atoms with Gasteiger partial charge in [0.15, 0.2) is 17.5 Å². The lowest BCUT2D eigenvalue weighted by atomic mass is 10.3. The molecule has 0 saturated carbocycles. The number of anilines is 1. The van der Waals surface area contributed by atoms with Gasteiger partial charge in [-0.3, -0.25) is 10.1 Å². The predicted molar refractivity (Wildman–Crippen MR) is 65.1 cm³/mol. The van der Waals surface area contributed by atoms with Crippen molar-refractivity contribution in [1.29, 1.82) is 0 Å². The van der Waals surface area contributed by atoms with E-state index in [0.29, 0.717) is 6.07 Å². The van der Waals surface area contributed by atoms with Gasteiger partial charge in [0.2, 0.25) is 0 Å². The highest BCUT2D eigenvalue weighted by atomic mass is 19.1. The number of nitro benzene ring substituents is 1. The van der Waals surface area contributed by atoms with E-state index in [1.165, 1.54) is 24.3 Å². The molecule has 2 aromatic rings. The maximum Gasteiger partial charge on any atom is 0.269 e. The number of hydrogen-bond donors (Lipinski definition) is 2. The Morgan fingerprint density at radius 1 is 1.25 bits per heavy atom. The molecular weight excluding hydrogens is 274 g/mol. The molecule has 3 N–H and O–H groups in total. The lowest BCUT2D eigenvalue weighted by Crippen LogP contribution is -2.11. The third-order valence-corrected chi connectivity index (χ3v) is 2.30. The molecule has 1 heterocycles. The number of hydrazine groups is 1. The molecule has 1 aromatic heterocycles. The van der Waals surface area contributed by atoms with Gasteiger partial charge in [-0.05, 0) is 12.1 Å². The number of nitrogens with one attached hydrogen (secondary N) is 1. The average Bonchev–Trinajstić information content (AvgIpc) is 2.42. The van der Waals surface area contributed by atoms with Gasteiger partial charge < -0.3 is 10.2 Å². The summed E-state index contributed by atoms with van der Waals surface area (Å²) in [6.07, 6.45) is 0. The van der Waals surface area contributed by atoms with E-state index in [0.717, 1.165) is 0 Å². The number of nitrogens with zero attached hydrogens (tertiary/aromatic N) is 2. The van der Waals surface area contributed by atoms with E-state index in [9.17, 15) is 18.9 Å². The molecule has 0 atom stereocenters. The summed E-state index contributed by atoms with van der Waals surface area (Å²) in [4.78, 5) is 13.4. The number of aromatic nitrogens is 1. The fourth-order valence-electron chi connectivity index (χ4n) is 1.37. The van der Waals surface area contributed by atoms with Crippen LogP contribution in [0.25, 0.3) is 0 Å². The molecule has 0 amide bonds. The number of nitro groups is 1. The molecular formula is C11H8F2N4O3. The average molecular weight is 282 g/mol. The first-order valence-electron chi connectivity index (χ1n) is 5.26. The minimum Gasteiger partial charge on any atom is -0.436 e. The van der Waals surface area contributed by atoms with Crippen molar-refractivity contribution < 1.29 is 18.4 Å². The number of benzene rings is 1. The molecule has 9 heteroatoms. The molecule has 0 unspecified atom stereocenters. The second-order valence-corrected chi connectivity index (χ2v) is 3.60. The number of nitrogen functional groups attached to an aromatic ring is 1. The Hall–Kier alpha value is -2.81. The number of nitrogens with two attached hydrogens (primary N) is 1. The number of ether oxygens (including phenoxy) is 1. The van der Waals surface area contributed by atoms with Gasteiger partial charge in [-0.1, -0.05) is 0 Å².